The van der Waals surface area contributed by atoms with Crippen LogP contribution < -0.4 is 5.32 Å². The van der Waals surface area contributed by atoms with Gasteiger partial charge >= 0.3 is 0 Å². The van der Waals surface area contributed by atoms with E-state index in [1.807, 2.05) is 24.3 Å². The molecule has 0 saturated carbocycles. The fraction of sp³-hybridized carbons (Fsp3) is 0.533. The average Bonchev–Trinajstić information content (AvgIpc) is 2.72. The maximum atomic E-state index is 11.8. The normalized spacial score (nSPS) is 21.2. The number of amides is 1. The van der Waals surface area contributed by atoms with Gasteiger partial charge in [-0.2, -0.15) is 0 Å². The van der Waals surface area contributed by atoms with Gasteiger partial charge < -0.3 is 15.2 Å². The van der Waals surface area contributed by atoms with E-state index in [9.17, 15) is 9.90 Å². The Balaban J connectivity index is 1.87. The lowest BCUT2D eigenvalue weighted by Crippen LogP contribution is -2.36. The predicted molar refractivity (Wildman–Crippen MR) is 72.8 cm³/mol. The number of nitrogens with one attached hydrogen (secondary N) is 1. The molecule has 0 aromatic heterocycles. The van der Waals surface area contributed by atoms with Crippen LogP contribution in [0.3, 0.4) is 0 Å². The van der Waals surface area contributed by atoms with Gasteiger partial charge in [-0.25, -0.2) is 0 Å². The van der Waals surface area contributed by atoms with E-state index < -0.39 is 6.10 Å². The van der Waals surface area contributed by atoms with Crippen LogP contribution in [0.25, 0.3) is 0 Å². The maximum Gasteiger partial charge on any atom is 0.246 e. The predicted octanol–water partition coefficient (Wildman–Crippen LogP) is 1.58. The Morgan fingerprint density at radius 2 is 2.26 bits per heavy atom. The number of aliphatic hydroxyl groups is 1. The summed E-state index contributed by atoms with van der Waals surface area (Å²) in [6.45, 7) is 2.74. The second-order valence-electron chi connectivity index (χ2n) is 4.92. The molecule has 0 heterocycles. The maximum absolute atomic E-state index is 11.8. The molecule has 0 bridgehead atoms. The smallest absolute Gasteiger partial charge is 0.246 e. The standard InChI is InChI=1S/C15H21NO3/c1-2-3-8-19-10-14(18)16-15-12-7-5-4-6-11(12)9-13(15)17/h4-7,13,15,17H,2-3,8-10H2,1H3,(H,16,18)/t13-,15-/m1/s1. The molecule has 1 aromatic rings. The zero-order valence-electron chi connectivity index (χ0n) is 11.3. The van der Waals surface area contributed by atoms with Crippen LogP contribution in [-0.2, 0) is 16.0 Å². The molecule has 2 atom stereocenters. The van der Waals surface area contributed by atoms with E-state index in [1.165, 1.54) is 0 Å². The lowest BCUT2D eigenvalue weighted by atomic mass is 10.1. The zero-order valence-corrected chi connectivity index (χ0v) is 11.3. The third-order valence-corrected chi connectivity index (χ3v) is 3.40. The zero-order chi connectivity index (χ0) is 13.7. The summed E-state index contributed by atoms with van der Waals surface area (Å²) < 4.78 is 5.28. The third kappa shape index (κ3) is 3.55. The van der Waals surface area contributed by atoms with Crippen LogP contribution in [0.5, 0.6) is 0 Å². The number of carbonyl (C=O) groups is 1. The van der Waals surface area contributed by atoms with Crippen molar-refractivity contribution >= 4 is 5.91 Å². The summed E-state index contributed by atoms with van der Waals surface area (Å²) in [5.41, 5.74) is 2.11. The molecule has 104 valence electrons. The third-order valence-electron chi connectivity index (χ3n) is 3.40. The second kappa shape index (κ2) is 6.68. The minimum atomic E-state index is -0.544. The largest absolute Gasteiger partial charge is 0.390 e. The van der Waals surface area contributed by atoms with E-state index in [-0.39, 0.29) is 18.6 Å². The molecule has 1 aliphatic carbocycles. The number of fused-ring (bicyclic) bond motifs is 1. The molecule has 2 N–H and O–H groups in total. The first-order chi connectivity index (χ1) is 9.22. The van der Waals surface area contributed by atoms with Crippen LogP contribution in [-0.4, -0.2) is 30.3 Å². The number of rotatable bonds is 6. The average molecular weight is 263 g/mol. The lowest BCUT2D eigenvalue weighted by Gasteiger charge is -2.17. The van der Waals surface area contributed by atoms with E-state index in [0.29, 0.717) is 13.0 Å². The molecule has 0 aliphatic heterocycles. The Kier molecular flexibility index (Phi) is 4.93. The quantitative estimate of drug-likeness (QED) is 0.766. The van der Waals surface area contributed by atoms with Gasteiger partial charge in [0.1, 0.15) is 6.61 Å². The Morgan fingerprint density at radius 1 is 1.47 bits per heavy atom. The van der Waals surface area contributed by atoms with E-state index in [4.69, 9.17) is 4.74 Å². The van der Waals surface area contributed by atoms with Crippen molar-refractivity contribution in [1.82, 2.24) is 5.32 Å². The molecule has 0 spiro atoms. The number of ether oxygens (including phenoxy) is 1. The number of unbranched alkanes of at least 4 members (excludes halogenated alkanes) is 1. The molecular weight excluding hydrogens is 242 g/mol. The van der Waals surface area contributed by atoms with E-state index in [1.54, 1.807) is 0 Å². The summed E-state index contributed by atoms with van der Waals surface area (Å²) in [6, 6.07) is 7.51. The van der Waals surface area contributed by atoms with Gasteiger partial charge in [0, 0.05) is 13.0 Å². The highest BCUT2D eigenvalue weighted by molar-refractivity contribution is 5.78. The topological polar surface area (TPSA) is 58.6 Å². The Bertz CT molecular complexity index is 433. The minimum absolute atomic E-state index is 0.0609. The van der Waals surface area contributed by atoms with Crippen LogP contribution in [0.4, 0.5) is 0 Å². The number of benzene rings is 1. The molecule has 0 radical (unpaired) electrons. The van der Waals surface area contributed by atoms with Gasteiger partial charge in [0.2, 0.25) is 5.91 Å². The highest BCUT2D eigenvalue weighted by atomic mass is 16.5. The van der Waals surface area contributed by atoms with Crippen molar-refractivity contribution in [3.05, 3.63) is 35.4 Å². The van der Waals surface area contributed by atoms with E-state index in [0.717, 1.165) is 24.0 Å². The number of hydrogen-bond acceptors (Lipinski definition) is 3. The van der Waals surface area contributed by atoms with Crippen molar-refractivity contribution in [2.24, 2.45) is 0 Å². The number of aliphatic hydroxyl groups excluding tert-OH is 1. The van der Waals surface area contributed by atoms with Crippen molar-refractivity contribution in [2.45, 2.75) is 38.3 Å². The first-order valence-corrected chi connectivity index (χ1v) is 6.85. The summed E-state index contributed by atoms with van der Waals surface area (Å²) in [6.07, 6.45) is 2.06. The summed E-state index contributed by atoms with van der Waals surface area (Å²) in [5, 5.41) is 12.9. The Labute approximate surface area is 113 Å². The van der Waals surface area contributed by atoms with Crippen LogP contribution in [0, 0.1) is 0 Å². The molecule has 0 fully saturated rings. The molecule has 1 aromatic carbocycles. The van der Waals surface area contributed by atoms with Gasteiger partial charge in [-0.15, -0.1) is 0 Å². The number of carbonyl (C=O) groups excluding carboxylic acids is 1. The summed E-state index contributed by atoms with van der Waals surface area (Å²) in [5.74, 6) is -0.170. The minimum Gasteiger partial charge on any atom is -0.390 e. The van der Waals surface area contributed by atoms with E-state index in [2.05, 4.69) is 12.2 Å². The second-order valence-corrected chi connectivity index (χ2v) is 4.92. The van der Waals surface area contributed by atoms with Crippen molar-refractivity contribution < 1.29 is 14.6 Å². The molecule has 19 heavy (non-hydrogen) atoms. The Morgan fingerprint density at radius 3 is 3.05 bits per heavy atom. The summed E-state index contributed by atoms with van der Waals surface area (Å²) >= 11 is 0. The first-order valence-electron chi connectivity index (χ1n) is 6.85. The fourth-order valence-electron chi connectivity index (χ4n) is 2.37. The SMILES string of the molecule is CCCCOCC(=O)N[C@@H]1c2ccccc2C[C@H]1O. The van der Waals surface area contributed by atoms with Crippen LogP contribution >= 0.6 is 0 Å². The van der Waals surface area contributed by atoms with Crippen LogP contribution in [0.15, 0.2) is 24.3 Å². The molecule has 0 unspecified atom stereocenters. The lowest BCUT2D eigenvalue weighted by molar-refractivity contribution is -0.127. The molecule has 1 aliphatic rings. The van der Waals surface area contributed by atoms with Crippen LogP contribution in [0.2, 0.25) is 0 Å². The highest BCUT2D eigenvalue weighted by Gasteiger charge is 2.31. The summed E-state index contributed by atoms with van der Waals surface area (Å²) in [7, 11) is 0. The summed E-state index contributed by atoms with van der Waals surface area (Å²) in [4.78, 5) is 11.8. The van der Waals surface area contributed by atoms with Crippen molar-refractivity contribution in [3.8, 4) is 0 Å². The Hall–Kier alpha value is -1.39. The molecule has 2 rings (SSSR count). The highest BCUT2D eigenvalue weighted by Crippen LogP contribution is 2.30. The van der Waals surface area contributed by atoms with Gasteiger partial charge in [0.15, 0.2) is 0 Å². The fourth-order valence-corrected chi connectivity index (χ4v) is 2.37. The van der Waals surface area contributed by atoms with Crippen molar-refractivity contribution in [3.63, 3.8) is 0 Å². The van der Waals surface area contributed by atoms with Gasteiger partial charge in [0.05, 0.1) is 12.1 Å². The van der Waals surface area contributed by atoms with Gasteiger partial charge in [0.25, 0.3) is 0 Å². The van der Waals surface area contributed by atoms with Crippen molar-refractivity contribution in [1.29, 1.82) is 0 Å². The van der Waals surface area contributed by atoms with Crippen LogP contribution in [0.1, 0.15) is 36.9 Å². The molecule has 4 heteroatoms. The van der Waals surface area contributed by atoms with Gasteiger partial charge in [-0.05, 0) is 17.5 Å². The molecule has 1 amide bonds. The number of hydrogen-bond donors (Lipinski definition) is 2. The van der Waals surface area contributed by atoms with E-state index >= 15 is 0 Å². The molecule has 0 saturated heterocycles. The molecule has 4 nitrogen and oxygen atoms in total. The first kappa shape index (κ1) is 14.0. The van der Waals surface area contributed by atoms with Crippen molar-refractivity contribution in [2.75, 3.05) is 13.2 Å². The monoisotopic (exact) mass is 263 g/mol. The van der Waals surface area contributed by atoms with Gasteiger partial charge in [-0.1, -0.05) is 37.6 Å². The van der Waals surface area contributed by atoms with Gasteiger partial charge in [-0.3, -0.25) is 4.79 Å². The molecular formula is C15H21NO3.